The van der Waals surface area contributed by atoms with Gasteiger partial charge in [-0.25, -0.2) is 5.01 Å². The number of hydrogen-bond acceptors (Lipinski definition) is 2. The summed E-state index contributed by atoms with van der Waals surface area (Å²) in [6, 6.07) is 0.611. The lowest BCUT2D eigenvalue weighted by Crippen LogP contribution is -2.42. The summed E-state index contributed by atoms with van der Waals surface area (Å²) >= 11 is 0. The fraction of sp³-hybridized carbons (Fsp3) is 1.00. The van der Waals surface area contributed by atoms with E-state index >= 15 is 0 Å². The highest BCUT2D eigenvalue weighted by atomic mass is 15.5. The maximum absolute atomic E-state index is 3.40. The van der Waals surface area contributed by atoms with Crippen molar-refractivity contribution < 1.29 is 0 Å². The average Bonchev–Trinajstić information content (AvgIpc) is 1.99. The van der Waals surface area contributed by atoms with E-state index in [2.05, 4.69) is 38.1 Å². The van der Waals surface area contributed by atoms with E-state index in [1.807, 2.05) is 0 Å². The average molecular weight is 144 g/mol. The molecule has 0 bridgehead atoms. The van der Waals surface area contributed by atoms with Crippen LogP contribution in [0.15, 0.2) is 0 Å². The molecule has 2 heteroatoms. The predicted molar refractivity (Wildman–Crippen MR) is 45.8 cm³/mol. The molecule has 0 rings (SSSR count). The van der Waals surface area contributed by atoms with Crippen LogP contribution in [0, 0.1) is 0 Å². The summed E-state index contributed by atoms with van der Waals surface area (Å²) in [5, 5.41) is 2.23. The van der Waals surface area contributed by atoms with Crippen molar-refractivity contribution >= 4 is 0 Å². The summed E-state index contributed by atoms with van der Waals surface area (Å²) in [7, 11) is 0. The molecule has 0 aliphatic heterocycles. The van der Waals surface area contributed by atoms with Crippen LogP contribution in [0.3, 0.4) is 0 Å². The molecule has 0 spiro atoms. The van der Waals surface area contributed by atoms with Gasteiger partial charge in [-0.05, 0) is 13.3 Å². The van der Waals surface area contributed by atoms with Crippen LogP contribution in [0.25, 0.3) is 0 Å². The molecule has 2 nitrogen and oxygen atoms in total. The molecule has 0 aromatic heterocycles. The van der Waals surface area contributed by atoms with E-state index in [1.54, 1.807) is 0 Å². The van der Waals surface area contributed by atoms with E-state index in [4.69, 9.17) is 0 Å². The molecule has 0 aliphatic rings. The fourth-order valence-electron chi connectivity index (χ4n) is 0.809. The Balaban J connectivity index is 3.41. The first-order chi connectivity index (χ1) is 4.74. The van der Waals surface area contributed by atoms with E-state index in [9.17, 15) is 0 Å². The van der Waals surface area contributed by atoms with E-state index in [0.717, 1.165) is 13.1 Å². The molecule has 0 aliphatic carbocycles. The Kier molecular flexibility index (Phi) is 5.64. The number of nitrogens with one attached hydrogen (secondary N) is 1. The highest BCUT2D eigenvalue weighted by Crippen LogP contribution is 1.90. The van der Waals surface area contributed by atoms with Crippen LogP contribution in [-0.4, -0.2) is 24.1 Å². The van der Waals surface area contributed by atoms with Crippen LogP contribution >= 0.6 is 0 Å². The van der Waals surface area contributed by atoms with Gasteiger partial charge in [-0.3, -0.25) is 5.43 Å². The smallest absolute Gasteiger partial charge is 0.0184 e. The SMILES string of the molecule is CCC(C)NN(CC)CC. The van der Waals surface area contributed by atoms with Crippen molar-refractivity contribution in [3.8, 4) is 0 Å². The largest absolute Gasteiger partial charge is 0.252 e. The lowest BCUT2D eigenvalue weighted by Gasteiger charge is -2.23. The number of hydrazine groups is 1. The molecular formula is C8H20N2. The first-order valence-electron chi connectivity index (χ1n) is 4.25. The zero-order chi connectivity index (χ0) is 7.98. The van der Waals surface area contributed by atoms with Gasteiger partial charge in [0.25, 0.3) is 0 Å². The third kappa shape index (κ3) is 3.85. The molecule has 1 unspecified atom stereocenters. The molecule has 0 fully saturated rings. The van der Waals surface area contributed by atoms with Crippen molar-refractivity contribution in [2.24, 2.45) is 0 Å². The fourth-order valence-corrected chi connectivity index (χ4v) is 0.809. The normalized spacial score (nSPS) is 14.1. The van der Waals surface area contributed by atoms with Gasteiger partial charge in [0.15, 0.2) is 0 Å². The number of hydrogen-bond donors (Lipinski definition) is 1. The molecule has 10 heavy (non-hydrogen) atoms. The number of nitrogens with zero attached hydrogens (tertiary/aromatic N) is 1. The quantitative estimate of drug-likeness (QED) is 0.590. The zero-order valence-corrected chi connectivity index (χ0v) is 7.65. The van der Waals surface area contributed by atoms with Gasteiger partial charge in [-0.2, -0.15) is 0 Å². The van der Waals surface area contributed by atoms with E-state index in [-0.39, 0.29) is 0 Å². The van der Waals surface area contributed by atoms with Crippen LogP contribution in [-0.2, 0) is 0 Å². The first kappa shape index (κ1) is 9.92. The monoisotopic (exact) mass is 144 g/mol. The Labute approximate surface area is 64.6 Å². The maximum Gasteiger partial charge on any atom is 0.0184 e. The summed E-state index contributed by atoms with van der Waals surface area (Å²) in [6.45, 7) is 10.9. The molecule has 0 aromatic rings. The van der Waals surface area contributed by atoms with Crippen LogP contribution in [0.4, 0.5) is 0 Å². The summed E-state index contributed by atoms with van der Waals surface area (Å²) in [6.07, 6.45) is 1.19. The Morgan fingerprint density at radius 3 is 2.00 bits per heavy atom. The maximum atomic E-state index is 3.40. The molecule has 0 radical (unpaired) electrons. The Bertz CT molecular complexity index is 69.7. The van der Waals surface area contributed by atoms with Gasteiger partial charge in [0, 0.05) is 19.1 Å². The molecule has 1 N–H and O–H groups in total. The zero-order valence-electron chi connectivity index (χ0n) is 7.65. The van der Waals surface area contributed by atoms with Crippen molar-refractivity contribution in [1.29, 1.82) is 0 Å². The van der Waals surface area contributed by atoms with Crippen molar-refractivity contribution in [3.05, 3.63) is 0 Å². The summed E-state index contributed by atoms with van der Waals surface area (Å²) < 4.78 is 0. The van der Waals surface area contributed by atoms with Crippen molar-refractivity contribution in [2.75, 3.05) is 13.1 Å². The van der Waals surface area contributed by atoms with Crippen molar-refractivity contribution in [2.45, 2.75) is 40.2 Å². The molecule has 0 amide bonds. The summed E-state index contributed by atoms with van der Waals surface area (Å²) in [5.41, 5.74) is 3.40. The third-order valence-corrected chi connectivity index (χ3v) is 1.78. The molecule has 0 saturated carbocycles. The third-order valence-electron chi connectivity index (χ3n) is 1.78. The minimum Gasteiger partial charge on any atom is -0.252 e. The first-order valence-corrected chi connectivity index (χ1v) is 4.25. The number of rotatable bonds is 5. The van der Waals surface area contributed by atoms with Crippen LogP contribution < -0.4 is 5.43 Å². The van der Waals surface area contributed by atoms with Crippen LogP contribution in [0.1, 0.15) is 34.1 Å². The topological polar surface area (TPSA) is 15.3 Å². The van der Waals surface area contributed by atoms with Gasteiger partial charge >= 0.3 is 0 Å². The molecule has 62 valence electrons. The Morgan fingerprint density at radius 1 is 1.20 bits per heavy atom. The summed E-state index contributed by atoms with van der Waals surface area (Å²) in [4.78, 5) is 0. The van der Waals surface area contributed by atoms with Crippen molar-refractivity contribution in [1.82, 2.24) is 10.4 Å². The second-order valence-corrected chi connectivity index (χ2v) is 2.61. The van der Waals surface area contributed by atoms with E-state index in [0.29, 0.717) is 6.04 Å². The van der Waals surface area contributed by atoms with Gasteiger partial charge in [0.2, 0.25) is 0 Å². The molecule has 0 heterocycles. The predicted octanol–water partition coefficient (Wildman–Crippen LogP) is 1.63. The minimum absolute atomic E-state index is 0.611. The highest BCUT2D eigenvalue weighted by Gasteiger charge is 2.01. The Hall–Kier alpha value is -0.0800. The van der Waals surface area contributed by atoms with Crippen molar-refractivity contribution in [3.63, 3.8) is 0 Å². The minimum atomic E-state index is 0.611. The van der Waals surface area contributed by atoms with Gasteiger partial charge in [-0.1, -0.05) is 20.8 Å². The standard InChI is InChI=1S/C8H20N2/c1-5-8(4)9-10(6-2)7-3/h8-9H,5-7H2,1-4H3. The van der Waals surface area contributed by atoms with Crippen LogP contribution in [0.5, 0.6) is 0 Å². The van der Waals surface area contributed by atoms with E-state index in [1.165, 1.54) is 6.42 Å². The van der Waals surface area contributed by atoms with Crippen LogP contribution in [0.2, 0.25) is 0 Å². The molecule has 0 aromatic carbocycles. The molecule has 1 atom stereocenters. The highest BCUT2D eigenvalue weighted by molar-refractivity contribution is 4.54. The van der Waals surface area contributed by atoms with E-state index < -0.39 is 0 Å². The molecule has 0 saturated heterocycles. The Morgan fingerprint density at radius 2 is 1.70 bits per heavy atom. The van der Waals surface area contributed by atoms with Gasteiger partial charge in [-0.15, -0.1) is 0 Å². The second-order valence-electron chi connectivity index (χ2n) is 2.61. The van der Waals surface area contributed by atoms with Gasteiger partial charge in [0.1, 0.15) is 0 Å². The second kappa shape index (κ2) is 5.69. The van der Waals surface area contributed by atoms with Gasteiger partial charge < -0.3 is 0 Å². The van der Waals surface area contributed by atoms with Gasteiger partial charge in [0.05, 0.1) is 0 Å². The lowest BCUT2D eigenvalue weighted by molar-refractivity contribution is 0.178. The molecular weight excluding hydrogens is 124 g/mol. The lowest BCUT2D eigenvalue weighted by atomic mass is 10.3. The summed E-state index contributed by atoms with van der Waals surface area (Å²) in [5.74, 6) is 0.